The molecule has 0 saturated heterocycles. The van der Waals surface area contributed by atoms with Gasteiger partial charge in [-0.2, -0.15) is 0 Å². The van der Waals surface area contributed by atoms with E-state index in [1.807, 2.05) is 6.92 Å². The number of ether oxygens (including phenoxy) is 1. The van der Waals surface area contributed by atoms with E-state index in [0.717, 1.165) is 18.4 Å². The maximum atomic E-state index is 11.7. The van der Waals surface area contributed by atoms with Crippen LogP contribution >= 0.6 is 0 Å². The average Bonchev–Trinajstić information content (AvgIpc) is 2.32. The second kappa shape index (κ2) is 6.94. The zero-order chi connectivity index (χ0) is 12.7. The van der Waals surface area contributed by atoms with E-state index in [2.05, 4.69) is 6.92 Å². The molecule has 94 valence electrons. The number of aryl methyl sites for hydroxylation is 1. The van der Waals surface area contributed by atoms with Gasteiger partial charge in [0, 0.05) is 5.69 Å². The Bertz CT molecular complexity index is 374. The lowest BCUT2D eigenvalue weighted by Gasteiger charge is -2.06. The van der Waals surface area contributed by atoms with Crippen molar-refractivity contribution in [2.45, 2.75) is 39.5 Å². The predicted molar refractivity (Wildman–Crippen MR) is 70.0 cm³/mol. The lowest BCUT2D eigenvalue weighted by atomic mass is 10.1. The molecule has 0 aromatic heterocycles. The Morgan fingerprint density at radius 3 is 2.71 bits per heavy atom. The van der Waals surface area contributed by atoms with Crippen molar-refractivity contribution in [2.24, 2.45) is 0 Å². The van der Waals surface area contributed by atoms with Crippen LogP contribution in [0.5, 0.6) is 0 Å². The zero-order valence-electron chi connectivity index (χ0n) is 10.7. The van der Waals surface area contributed by atoms with Gasteiger partial charge < -0.3 is 10.5 Å². The molecule has 0 aliphatic carbocycles. The molecular weight excluding hydrogens is 214 g/mol. The number of anilines is 1. The van der Waals surface area contributed by atoms with Crippen molar-refractivity contribution in [1.82, 2.24) is 0 Å². The van der Waals surface area contributed by atoms with E-state index < -0.39 is 0 Å². The first kappa shape index (κ1) is 13.6. The predicted octanol–water partition coefficient (Wildman–Crippen LogP) is 3.31. The fourth-order valence-electron chi connectivity index (χ4n) is 1.58. The topological polar surface area (TPSA) is 52.3 Å². The van der Waals surface area contributed by atoms with Gasteiger partial charge in [0.2, 0.25) is 0 Å². The lowest BCUT2D eigenvalue weighted by molar-refractivity contribution is 0.0498. The van der Waals surface area contributed by atoms with Crippen LogP contribution in [0.3, 0.4) is 0 Å². The van der Waals surface area contributed by atoms with Crippen LogP contribution in [0, 0.1) is 6.92 Å². The van der Waals surface area contributed by atoms with Gasteiger partial charge in [-0.3, -0.25) is 0 Å². The molecule has 0 saturated carbocycles. The highest BCUT2D eigenvalue weighted by atomic mass is 16.5. The fraction of sp³-hybridized carbons (Fsp3) is 0.500. The molecule has 2 N–H and O–H groups in total. The summed E-state index contributed by atoms with van der Waals surface area (Å²) in [4.78, 5) is 11.7. The van der Waals surface area contributed by atoms with Crippen molar-refractivity contribution >= 4 is 11.7 Å². The summed E-state index contributed by atoms with van der Waals surface area (Å²) in [6.45, 7) is 4.54. The quantitative estimate of drug-likeness (QED) is 0.467. The Hall–Kier alpha value is -1.51. The molecule has 1 aromatic carbocycles. The van der Waals surface area contributed by atoms with Gasteiger partial charge in [-0.05, 0) is 37.1 Å². The Balaban J connectivity index is 2.39. The Morgan fingerprint density at radius 2 is 2.06 bits per heavy atom. The number of unbranched alkanes of at least 4 members (excludes halogenated alkanes) is 3. The number of carbonyl (C=O) groups is 1. The average molecular weight is 235 g/mol. The number of nitrogens with two attached hydrogens (primary N) is 1. The second-order valence-electron chi connectivity index (χ2n) is 4.27. The van der Waals surface area contributed by atoms with E-state index >= 15 is 0 Å². The molecule has 1 aromatic rings. The number of nitrogen functional groups attached to an aromatic ring is 1. The van der Waals surface area contributed by atoms with Crippen molar-refractivity contribution in [3.63, 3.8) is 0 Å². The molecule has 0 fully saturated rings. The maximum Gasteiger partial charge on any atom is 0.338 e. The van der Waals surface area contributed by atoms with E-state index in [4.69, 9.17) is 10.5 Å². The maximum absolute atomic E-state index is 11.7. The summed E-state index contributed by atoms with van der Waals surface area (Å²) in [7, 11) is 0. The van der Waals surface area contributed by atoms with E-state index in [0.29, 0.717) is 17.9 Å². The number of hydrogen-bond acceptors (Lipinski definition) is 3. The van der Waals surface area contributed by atoms with Crippen LogP contribution in [0.4, 0.5) is 5.69 Å². The molecule has 0 unspecified atom stereocenters. The van der Waals surface area contributed by atoms with Gasteiger partial charge in [0.15, 0.2) is 0 Å². The largest absolute Gasteiger partial charge is 0.462 e. The third-order valence-electron chi connectivity index (χ3n) is 2.74. The summed E-state index contributed by atoms with van der Waals surface area (Å²) in [5.41, 5.74) is 7.87. The summed E-state index contributed by atoms with van der Waals surface area (Å²) >= 11 is 0. The standard InChI is InChI=1S/C14H21NO2/c1-3-4-5-6-9-17-14(16)12-7-8-13(15)11(2)10-12/h7-8,10H,3-6,9,15H2,1-2H3. The Labute approximate surface area is 103 Å². The number of esters is 1. The van der Waals surface area contributed by atoms with Gasteiger partial charge in [0.25, 0.3) is 0 Å². The van der Waals surface area contributed by atoms with Crippen LogP contribution in [0.25, 0.3) is 0 Å². The van der Waals surface area contributed by atoms with Crippen LogP contribution in [0.1, 0.15) is 48.5 Å². The van der Waals surface area contributed by atoms with Crippen LogP contribution in [-0.4, -0.2) is 12.6 Å². The summed E-state index contributed by atoms with van der Waals surface area (Å²) in [5, 5.41) is 0. The molecule has 3 nitrogen and oxygen atoms in total. The van der Waals surface area contributed by atoms with Crippen LogP contribution in [0.15, 0.2) is 18.2 Å². The monoisotopic (exact) mass is 235 g/mol. The van der Waals surface area contributed by atoms with E-state index in [-0.39, 0.29) is 5.97 Å². The number of carbonyl (C=O) groups excluding carboxylic acids is 1. The van der Waals surface area contributed by atoms with E-state index in [1.54, 1.807) is 18.2 Å². The summed E-state index contributed by atoms with van der Waals surface area (Å²) in [5.74, 6) is -0.260. The summed E-state index contributed by atoms with van der Waals surface area (Å²) in [6, 6.07) is 5.21. The van der Waals surface area contributed by atoms with Gasteiger partial charge in [-0.1, -0.05) is 26.2 Å². The highest BCUT2D eigenvalue weighted by Crippen LogP contribution is 2.13. The minimum Gasteiger partial charge on any atom is -0.462 e. The zero-order valence-corrected chi connectivity index (χ0v) is 10.7. The summed E-state index contributed by atoms with van der Waals surface area (Å²) < 4.78 is 5.19. The molecular formula is C14H21NO2. The van der Waals surface area contributed by atoms with Crippen molar-refractivity contribution in [1.29, 1.82) is 0 Å². The van der Waals surface area contributed by atoms with Gasteiger partial charge in [-0.25, -0.2) is 4.79 Å². The van der Waals surface area contributed by atoms with Crippen LogP contribution < -0.4 is 5.73 Å². The van der Waals surface area contributed by atoms with Crippen LogP contribution in [0.2, 0.25) is 0 Å². The number of benzene rings is 1. The van der Waals surface area contributed by atoms with Gasteiger partial charge in [0.05, 0.1) is 12.2 Å². The molecule has 1 rings (SSSR count). The first-order valence-corrected chi connectivity index (χ1v) is 6.18. The summed E-state index contributed by atoms with van der Waals surface area (Å²) in [6.07, 6.45) is 4.43. The van der Waals surface area contributed by atoms with Crippen molar-refractivity contribution < 1.29 is 9.53 Å². The Kier molecular flexibility index (Phi) is 5.53. The third kappa shape index (κ3) is 4.47. The molecule has 0 bridgehead atoms. The number of rotatable bonds is 6. The highest BCUT2D eigenvalue weighted by molar-refractivity contribution is 5.90. The molecule has 0 heterocycles. The molecule has 0 radical (unpaired) electrons. The smallest absolute Gasteiger partial charge is 0.338 e. The molecule has 3 heteroatoms. The Morgan fingerprint density at radius 1 is 1.29 bits per heavy atom. The normalized spacial score (nSPS) is 10.2. The third-order valence-corrected chi connectivity index (χ3v) is 2.74. The van der Waals surface area contributed by atoms with Crippen LogP contribution in [-0.2, 0) is 4.74 Å². The minimum atomic E-state index is -0.260. The molecule has 0 aliphatic rings. The molecule has 0 atom stereocenters. The first-order chi connectivity index (χ1) is 8.15. The van der Waals surface area contributed by atoms with E-state index in [1.165, 1.54) is 12.8 Å². The number of hydrogen-bond donors (Lipinski definition) is 1. The van der Waals surface area contributed by atoms with Gasteiger partial charge >= 0.3 is 5.97 Å². The first-order valence-electron chi connectivity index (χ1n) is 6.18. The lowest BCUT2D eigenvalue weighted by Crippen LogP contribution is -2.07. The fourth-order valence-corrected chi connectivity index (χ4v) is 1.58. The molecule has 0 spiro atoms. The second-order valence-corrected chi connectivity index (χ2v) is 4.27. The van der Waals surface area contributed by atoms with E-state index in [9.17, 15) is 4.79 Å². The van der Waals surface area contributed by atoms with Gasteiger partial charge in [0.1, 0.15) is 0 Å². The SMILES string of the molecule is CCCCCCOC(=O)c1ccc(N)c(C)c1. The molecule has 0 aliphatic heterocycles. The molecule has 17 heavy (non-hydrogen) atoms. The van der Waals surface area contributed by atoms with Crippen molar-refractivity contribution in [3.05, 3.63) is 29.3 Å². The highest BCUT2D eigenvalue weighted by Gasteiger charge is 2.07. The van der Waals surface area contributed by atoms with Crippen molar-refractivity contribution in [2.75, 3.05) is 12.3 Å². The van der Waals surface area contributed by atoms with Gasteiger partial charge in [-0.15, -0.1) is 0 Å². The van der Waals surface area contributed by atoms with Crippen molar-refractivity contribution in [3.8, 4) is 0 Å². The minimum absolute atomic E-state index is 0.260. The molecule has 0 amide bonds.